The summed E-state index contributed by atoms with van der Waals surface area (Å²) in [5, 5.41) is 3.62. The zero-order chi connectivity index (χ0) is 10.7. The summed E-state index contributed by atoms with van der Waals surface area (Å²) in [5.74, 6) is 1.02. The van der Waals surface area contributed by atoms with Crippen LogP contribution in [0.1, 0.15) is 46.0 Å². The van der Waals surface area contributed by atoms with Gasteiger partial charge >= 0.3 is 0 Å². The van der Waals surface area contributed by atoms with Crippen LogP contribution in [0.3, 0.4) is 0 Å². The van der Waals surface area contributed by atoms with E-state index in [4.69, 9.17) is 0 Å². The van der Waals surface area contributed by atoms with Crippen LogP contribution in [-0.2, 0) is 0 Å². The minimum absolute atomic E-state index is 0.776. The van der Waals surface area contributed by atoms with Gasteiger partial charge in [-0.15, -0.1) is 0 Å². The zero-order valence-corrected chi connectivity index (χ0v) is 10.3. The lowest BCUT2D eigenvalue weighted by Gasteiger charge is -2.32. The Morgan fingerprint density at radius 3 is 2.53 bits per heavy atom. The van der Waals surface area contributed by atoms with E-state index in [2.05, 4.69) is 24.1 Å². The van der Waals surface area contributed by atoms with Crippen LogP contribution in [0.5, 0.6) is 0 Å². The molecule has 1 saturated heterocycles. The molecule has 0 radical (unpaired) electrons. The fraction of sp³-hybridized carbons (Fsp3) is 1.00. The number of nitrogens with one attached hydrogen (secondary N) is 1. The molecule has 0 bridgehead atoms. The molecule has 2 atom stereocenters. The molecule has 2 heteroatoms. The van der Waals surface area contributed by atoms with Gasteiger partial charge in [0.25, 0.3) is 0 Å². The first-order valence-corrected chi connectivity index (χ1v) is 6.82. The summed E-state index contributed by atoms with van der Waals surface area (Å²) >= 11 is 0. The Morgan fingerprint density at radius 2 is 2.07 bits per heavy atom. The molecule has 1 heterocycles. The van der Waals surface area contributed by atoms with Gasteiger partial charge in [0.1, 0.15) is 0 Å². The summed E-state index contributed by atoms with van der Waals surface area (Å²) in [4.78, 5) is 2.72. The molecule has 2 aliphatic rings. The second-order valence-corrected chi connectivity index (χ2v) is 5.19. The molecule has 1 aliphatic heterocycles. The van der Waals surface area contributed by atoms with E-state index in [9.17, 15) is 0 Å². The first-order valence-electron chi connectivity index (χ1n) is 6.82. The lowest BCUT2D eigenvalue weighted by Crippen LogP contribution is -2.44. The standard InChI is InChI=1S/C13H26N2/c1-3-13(11-7-8-11)15(4-2)10-12-6-5-9-14-12/h11-14H,3-10H2,1-2H3. The molecule has 2 nitrogen and oxygen atoms in total. The Hall–Kier alpha value is -0.0800. The van der Waals surface area contributed by atoms with Crippen molar-refractivity contribution in [1.82, 2.24) is 10.2 Å². The average molecular weight is 210 g/mol. The third-order valence-corrected chi connectivity index (χ3v) is 4.08. The molecule has 0 aromatic carbocycles. The molecule has 0 aromatic rings. The van der Waals surface area contributed by atoms with E-state index in [1.165, 1.54) is 51.7 Å². The third-order valence-electron chi connectivity index (χ3n) is 4.08. The topological polar surface area (TPSA) is 15.3 Å². The van der Waals surface area contributed by atoms with Crippen LogP contribution in [0, 0.1) is 5.92 Å². The van der Waals surface area contributed by atoms with Gasteiger partial charge in [-0.25, -0.2) is 0 Å². The summed E-state index contributed by atoms with van der Waals surface area (Å²) in [6, 6.07) is 1.65. The van der Waals surface area contributed by atoms with Crippen molar-refractivity contribution in [3.63, 3.8) is 0 Å². The Morgan fingerprint density at radius 1 is 1.27 bits per heavy atom. The predicted molar refractivity (Wildman–Crippen MR) is 65.1 cm³/mol. The smallest absolute Gasteiger partial charge is 0.0195 e. The molecular weight excluding hydrogens is 184 g/mol. The highest BCUT2D eigenvalue weighted by molar-refractivity contribution is 4.89. The molecule has 0 aromatic heterocycles. The number of likely N-dealkylation sites (N-methyl/N-ethyl adjacent to an activating group) is 1. The Bertz CT molecular complexity index is 183. The summed E-state index contributed by atoms with van der Waals surface area (Å²) in [6.07, 6.45) is 7.06. The highest BCUT2D eigenvalue weighted by Gasteiger charge is 2.34. The second-order valence-electron chi connectivity index (χ2n) is 5.19. The minimum atomic E-state index is 0.776. The van der Waals surface area contributed by atoms with Crippen molar-refractivity contribution < 1.29 is 0 Å². The lowest BCUT2D eigenvalue weighted by atomic mass is 10.1. The average Bonchev–Trinajstić information content (AvgIpc) is 2.95. The highest BCUT2D eigenvalue weighted by Crippen LogP contribution is 2.36. The monoisotopic (exact) mass is 210 g/mol. The molecule has 0 spiro atoms. The van der Waals surface area contributed by atoms with E-state index in [0.717, 1.165) is 18.0 Å². The molecule has 1 N–H and O–H groups in total. The maximum atomic E-state index is 3.62. The van der Waals surface area contributed by atoms with Gasteiger partial charge in [-0.05, 0) is 51.1 Å². The quantitative estimate of drug-likeness (QED) is 0.723. The van der Waals surface area contributed by atoms with E-state index in [0.29, 0.717) is 0 Å². The summed E-state index contributed by atoms with van der Waals surface area (Å²) in [5.41, 5.74) is 0. The fourth-order valence-corrected chi connectivity index (χ4v) is 3.07. The maximum absolute atomic E-state index is 3.62. The molecule has 15 heavy (non-hydrogen) atoms. The first-order chi connectivity index (χ1) is 7.35. The predicted octanol–water partition coefficient (Wildman–Crippen LogP) is 2.25. The van der Waals surface area contributed by atoms with Gasteiger partial charge in [0.2, 0.25) is 0 Å². The maximum Gasteiger partial charge on any atom is 0.0195 e. The van der Waals surface area contributed by atoms with Gasteiger partial charge in [0.05, 0.1) is 0 Å². The molecule has 1 saturated carbocycles. The van der Waals surface area contributed by atoms with E-state index >= 15 is 0 Å². The van der Waals surface area contributed by atoms with Crippen LogP contribution in [0.2, 0.25) is 0 Å². The van der Waals surface area contributed by atoms with Crippen LogP contribution < -0.4 is 5.32 Å². The second kappa shape index (κ2) is 5.31. The van der Waals surface area contributed by atoms with Gasteiger partial charge in [0.15, 0.2) is 0 Å². The van der Waals surface area contributed by atoms with Crippen LogP contribution in [0.4, 0.5) is 0 Å². The third kappa shape index (κ3) is 2.94. The normalized spacial score (nSPS) is 28.6. The SMILES string of the molecule is CCC(C1CC1)N(CC)CC1CCCN1. The number of hydrogen-bond acceptors (Lipinski definition) is 2. The fourth-order valence-electron chi connectivity index (χ4n) is 3.07. The Balaban J connectivity index is 1.83. The molecule has 88 valence electrons. The Labute approximate surface area is 94.4 Å². The molecule has 1 aliphatic carbocycles. The van der Waals surface area contributed by atoms with Crippen LogP contribution >= 0.6 is 0 Å². The van der Waals surface area contributed by atoms with Crippen molar-refractivity contribution in [2.75, 3.05) is 19.6 Å². The number of hydrogen-bond donors (Lipinski definition) is 1. The molecule has 2 rings (SSSR count). The van der Waals surface area contributed by atoms with Crippen molar-refractivity contribution in [3.05, 3.63) is 0 Å². The van der Waals surface area contributed by atoms with Gasteiger partial charge in [-0.3, -0.25) is 4.90 Å². The van der Waals surface area contributed by atoms with Crippen molar-refractivity contribution in [1.29, 1.82) is 0 Å². The van der Waals surface area contributed by atoms with Crippen molar-refractivity contribution >= 4 is 0 Å². The van der Waals surface area contributed by atoms with Gasteiger partial charge < -0.3 is 5.32 Å². The van der Waals surface area contributed by atoms with Crippen LogP contribution in [-0.4, -0.2) is 36.6 Å². The summed E-state index contributed by atoms with van der Waals surface area (Å²) in [7, 11) is 0. The van der Waals surface area contributed by atoms with E-state index < -0.39 is 0 Å². The first kappa shape index (κ1) is 11.4. The van der Waals surface area contributed by atoms with Crippen molar-refractivity contribution in [3.8, 4) is 0 Å². The molecule has 2 fully saturated rings. The molecule has 2 unspecified atom stereocenters. The largest absolute Gasteiger partial charge is 0.313 e. The van der Waals surface area contributed by atoms with Crippen LogP contribution in [0.25, 0.3) is 0 Å². The van der Waals surface area contributed by atoms with E-state index in [-0.39, 0.29) is 0 Å². The molecular formula is C13H26N2. The van der Waals surface area contributed by atoms with E-state index in [1.54, 1.807) is 0 Å². The number of rotatable bonds is 6. The van der Waals surface area contributed by atoms with Crippen LogP contribution in [0.15, 0.2) is 0 Å². The van der Waals surface area contributed by atoms with Crippen molar-refractivity contribution in [2.45, 2.75) is 58.0 Å². The van der Waals surface area contributed by atoms with E-state index in [1.807, 2.05) is 0 Å². The highest BCUT2D eigenvalue weighted by atomic mass is 15.2. The van der Waals surface area contributed by atoms with Crippen molar-refractivity contribution in [2.24, 2.45) is 5.92 Å². The number of nitrogens with zero attached hydrogens (tertiary/aromatic N) is 1. The van der Waals surface area contributed by atoms with Gasteiger partial charge in [-0.2, -0.15) is 0 Å². The lowest BCUT2D eigenvalue weighted by molar-refractivity contribution is 0.165. The zero-order valence-electron chi connectivity index (χ0n) is 10.3. The molecule has 0 amide bonds. The van der Waals surface area contributed by atoms with Gasteiger partial charge in [-0.1, -0.05) is 13.8 Å². The Kier molecular flexibility index (Phi) is 4.04. The summed E-state index contributed by atoms with van der Waals surface area (Å²) < 4.78 is 0. The summed E-state index contributed by atoms with van der Waals surface area (Å²) in [6.45, 7) is 8.43. The van der Waals surface area contributed by atoms with Gasteiger partial charge in [0, 0.05) is 18.6 Å². The minimum Gasteiger partial charge on any atom is -0.313 e.